The normalized spacial score (nSPS) is 12.0. The number of hydrogen-bond acceptors (Lipinski definition) is 3. The molecule has 0 radical (unpaired) electrons. The summed E-state index contributed by atoms with van der Waals surface area (Å²) in [6.07, 6.45) is 0.374. The molecule has 4 heteroatoms. The number of carboxylic acid groups (broad SMARTS) is 1. The van der Waals surface area contributed by atoms with Gasteiger partial charge in [-0.05, 0) is 48.6 Å². The molecule has 1 atom stereocenters. The van der Waals surface area contributed by atoms with E-state index in [9.17, 15) is 9.90 Å². The van der Waals surface area contributed by atoms with Crippen molar-refractivity contribution in [1.82, 2.24) is 0 Å². The van der Waals surface area contributed by atoms with E-state index in [4.69, 9.17) is 9.47 Å². The lowest BCUT2D eigenvalue weighted by molar-refractivity contribution is -0.138. The predicted molar refractivity (Wildman–Crippen MR) is 98.5 cm³/mol. The van der Waals surface area contributed by atoms with Gasteiger partial charge in [-0.15, -0.1) is 0 Å². The number of para-hydroxylation sites is 1. The third-order valence-corrected chi connectivity index (χ3v) is 3.84. The maximum atomic E-state index is 11.9. The third kappa shape index (κ3) is 5.52. The van der Waals surface area contributed by atoms with Crippen LogP contribution in [0.25, 0.3) is 0 Å². The van der Waals surface area contributed by atoms with Crippen LogP contribution in [0, 0.1) is 5.92 Å². The highest BCUT2D eigenvalue weighted by Gasteiger charge is 2.22. The van der Waals surface area contributed by atoms with Crippen molar-refractivity contribution in [3.63, 3.8) is 0 Å². The van der Waals surface area contributed by atoms with Gasteiger partial charge in [0, 0.05) is 0 Å². The SMILES string of the molecule is CCOc1cccc(C(Cc2ccccc2OCC(C)C)C(=O)O)c1. The van der Waals surface area contributed by atoms with E-state index in [-0.39, 0.29) is 0 Å². The molecule has 0 aliphatic heterocycles. The van der Waals surface area contributed by atoms with E-state index in [2.05, 4.69) is 13.8 Å². The van der Waals surface area contributed by atoms with Crippen LogP contribution in [0.2, 0.25) is 0 Å². The molecule has 1 N–H and O–H groups in total. The van der Waals surface area contributed by atoms with Crippen molar-refractivity contribution in [2.75, 3.05) is 13.2 Å². The van der Waals surface area contributed by atoms with Crippen molar-refractivity contribution in [3.8, 4) is 11.5 Å². The molecule has 25 heavy (non-hydrogen) atoms. The Labute approximate surface area is 149 Å². The van der Waals surface area contributed by atoms with Gasteiger partial charge in [-0.25, -0.2) is 0 Å². The fourth-order valence-electron chi connectivity index (χ4n) is 2.63. The van der Waals surface area contributed by atoms with Gasteiger partial charge in [-0.1, -0.05) is 44.2 Å². The number of ether oxygens (including phenoxy) is 2. The third-order valence-electron chi connectivity index (χ3n) is 3.84. The van der Waals surface area contributed by atoms with Gasteiger partial charge in [0.25, 0.3) is 0 Å². The van der Waals surface area contributed by atoms with Crippen molar-refractivity contribution in [2.24, 2.45) is 5.92 Å². The summed E-state index contributed by atoms with van der Waals surface area (Å²) in [7, 11) is 0. The Hall–Kier alpha value is -2.49. The van der Waals surface area contributed by atoms with E-state index in [1.807, 2.05) is 49.4 Å². The number of aliphatic carboxylic acids is 1. The van der Waals surface area contributed by atoms with E-state index in [1.54, 1.807) is 6.07 Å². The van der Waals surface area contributed by atoms with Crippen molar-refractivity contribution in [2.45, 2.75) is 33.1 Å². The van der Waals surface area contributed by atoms with Crippen LogP contribution in [0.4, 0.5) is 0 Å². The van der Waals surface area contributed by atoms with Gasteiger partial charge in [-0.2, -0.15) is 0 Å². The van der Waals surface area contributed by atoms with Gasteiger partial charge in [0.15, 0.2) is 0 Å². The monoisotopic (exact) mass is 342 g/mol. The van der Waals surface area contributed by atoms with Gasteiger partial charge >= 0.3 is 5.97 Å². The molecule has 4 nitrogen and oxygen atoms in total. The average molecular weight is 342 g/mol. The summed E-state index contributed by atoms with van der Waals surface area (Å²) in [4.78, 5) is 11.9. The minimum absolute atomic E-state index is 0.374. The Morgan fingerprint density at radius 1 is 1.08 bits per heavy atom. The Kier molecular flexibility index (Phi) is 6.87. The summed E-state index contributed by atoms with van der Waals surface area (Å²) in [6.45, 7) is 7.23. The highest BCUT2D eigenvalue weighted by molar-refractivity contribution is 5.77. The molecular formula is C21H26O4. The van der Waals surface area contributed by atoms with Crippen LogP contribution in [-0.4, -0.2) is 24.3 Å². The van der Waals surface area contributed by atoms with Crippen LogP contribution >= 0.6 is 0 Å². The van der Waals surface area contributed by atoms with E-state index < -0.39 is 11.9 Å². The molecule has 2 rings (SSSR count). The largest absolute Gasteiger partial charge is 0.494 e. The molecule has 2 aromatic rings. The molecular weight excluding hydrogens is 316 g/mol. The molecule has 0 aliphatic rings. The molecule has 0 amide bonds. The summed E-state index contributed by atoms with van der Waals surface area (Å²) in [5.41, 5.74) is 1.63. The predicted octanol–water partition coefficient (Wildman–Crippen LogP) is 4.53. The minimum atomic E-state index is -0.854. The lowest BCUT2D eigenvalue weighted by Gasteiger charge is -2.17. The summed E-state index contributed by atoms with van der Waals surface area (Å²) in [6, 6.07) is 14.9. The van der Waals surface area contributed by atoms with Crippen LogP contribution in [0.1, 0.15) is 37.8 Å². The first-order valence-corrected chi connectivity index (χ1v) is 8.67. The number of carbonyl (C=O) groups is 1. The second-order valence-electron chi connectivity index (χ2n) is 6.41. The van der Waals surface area contributed by atoms with Crippen LogP contribution in [-0.2, 0) is 11.2 Å². The molecule has 0 aromatic heterocycles. The first-order valence-electron chi connectivity index (χ1n) is 8.67. The Balaban J connectivity index is 2.25. The highest BCUT2D eigenvalue weighted by Crippen LogP contribution is 2.29. The van der Waals surface area contributed by atoms with Crippen molar-refractivity contribution in [3.05, 3.63) is 59.7 Å². The minimum Gasteiger partial charge on any atom is -0.494 e. The second kappa shape index (κ2) is 9.11. The molecule has 0 bridgehead atoms. The lowest BCUT2D eigenvalue weighted by atomic mass is 9.91. The zero-order valence-electron chi connectivity index (χ0n) is 15.1. The molecule has 1 unspecified atom stereocenters. The van der Waals surface area contributed by atoms with Crippen LogP contribution in [0.15, 0.2) is 48.5 Å². The van der Waals surface area contributed by atoms with Crippen molar-refractivity contribution in [1.29, 1.82) is 0 Å². The fourth-order valence-corrected chi connectivity index (χ4v) is 2.63. The molecule has 2 aromatic carbocycles. The smallest absolute Gasteiger partial charge is 0.311 e. The molecule has 0 spiro atoms. The van der Waals surface area contributed by atoms with Gasteiger partial charge in [0.05, 0.1) is 19.1 Å². The first kappa shape index (κ1) is 18.8. The topological polar surface area (TPSA) is 55.8 Å². The van der Waals surface area contributed by atoms with Crippen LogP contribution in [0.5, 0.6) is 11.5 Å². The molecule has 0 aliphatic carbocycles. The maximum absolute atomic E-state index is 11.9. The van der Waals surface area contributed by atoms with Crippen LogP contribution < -0.4 is 9.47 Å². The fraction of sp³-hybridized carbons (Fsp3) is 0.381. The van der Waals surface area contributed by atoms with Gasteiger partial charge in [-0.3, -0.25) is 4.79 Å². The van der Waals surface area contributed by atoms with Gasteiger partial charge in [0.1, 0.15) is 11.5 Å². The number of hydrogen-bond donors (Lipinski definition) is 1. The van der Waals surface area contributed by atoms with Crippen molar-refractivity contribution >= 4 is 5.97 Å². The maximum Gasteiger partial charge on any atom is 0.311 e. The second-order valence-corrected chi connectivity index (χ2v) is 6.41. The lowest BCUT2D eigenvalue weighted by Crippen LogP contribution is -2.15. The van der Waals surface area contributed by atoms with E-state index in [1.165, 1.54) is 0 Å². The first-order chi connectivity index (χ1) is 12.0. The molecule has 0 heterocycles. The Bertz CT molecular complexity index is 694. The van der Waals surface area contributed by atoms with Gasteiger partial charge in [0.2, 0.25) is 0 Å². The number of rotatable bonds is 9. The zero-order chi connectivity index (χ0) is 18.2. The quantitative estimate of drug-likeness (QED) is 0.727. The molecule has 0 saturated heterocycles. The van der Waals surface area contributed by atoms with E-state index in [0.717, 1.165) is 16.9 Å². The molecule has 134 valence electrons. The standard InChI is InChI=1S/C21H26O4/c1-4-24-18-10-7-9-16(12-18)19(21(22)23)13-17-8-5-6-11-20(17)25-14-15(2)3/h5-12,15,19H,4,13-14H2,1-3H3,(H,22,23). The number of benzene rings is 2. The summed E-state index contributed by atoms with van der Waals surface area (Å²) >= 11 is 0. The molecule has 0 fully saturated rings. The zero-order valence-corrected chi connectivity index (χ0v) is 15.1. The Morgan fingerprint density at radius 3 is 2.52 bits per heavy atom. The Morgan fingerprint density at radius 2 is 1.84 bits per heavy atom. The van der Waals surface area contributed by atoms with Gasteiger partial charge < -0.3 is 14.6 Å². The molecule has 0 saturated carbocycles. The van der Waals surface area contributed by atoms with E-state index >= 15 is 0 Å². The van der Waals surface area contributed by atoms with E-state index in [0.29, 0.717) is 31.3 Å². The van der Waals surface area contributed by atoms with Crippen molar-refractivity contribution < 1.29 is 19.4 Å². The van der Waals surface area contributed by atoms with Crippen LogP contribution in [0.3, 0.4) is 0 Å². The highest BCUT2D eigenvalue weighted by atomic mass is 16.5. The summed E-state index contributed by atoms with van der Waals surface area (Å²) in [5.74, 6) is 0.349. The summed E-state index contributed by atoms with van der Waals surface area (Å²) < 4.78 is 11.4. The summed E-state index contributed by atoms with van der Waals surface area (Å²) in [5, 5.41) is 9.74. The number of carboxylic acids is 1. The average Bonchev–Trinajstić information content (AvgIpc) is 2.59.